The van der Waals surface area contributed by atoms with Crippen molar-refractivity contribution in [2.45, 2.75) is 31.7 Å². The molecular weight excluding hydrogens is 314 g/mol. The van der Waals surface area contributed by atoms with Crippen LogP contribution in [0.2, 0.25) is 0 Å². The summed E-state index contributed by atoms with van der Waals surface area (Å²) in [4.78, 5) is 0. The highest BCUT2D eigenvalue weighted by Crippen LogP contribution is 2.42. The van der Waals surface area contributed by atoms with E-state index in [0.29, 0.717) is 27.4 Å². The molecule has 2 N–H and O–H groups in total. The number of nitrogens with one attached hydrogen (secondary N) is 1. The van der Waals surface area contributed by atoms with Gasteiger partial charge in [0.05, 0.1) is 11.6 Å². The Hall–Kier alpha value is -2.43. The average Bonchev–Trinajstić information content (AvgIpc) is 2.53. The lowest BCUT2D eigenvalue weighted by atomic mass is 9.88. The van der Waals surface area contributed by atoms with Crippen molar-refractivity contribution in [3.8, 4) is 17.7 Å². The normalized spacial score (nSPS) is 21.7. The lowest BCUT2D eigenvalue weighted by Gasteiger charge is -2.41. The molecule has 0 saturated heterocycles. The van der Waals surface area contributed by atoms with Gasteiger partial charge < -0.3 is 14.6 Å². The summed E-state index contributed by atoms with van der Waals surface area (Å²) in [6.45, 7) is 3.56. The maximum Gasteiger partial charge on any atom is 0.231 e. The number of aliphatic hydroxyl groups is 1. The van der Waals surface area contributed by atoms with E-state index < -0.39 is 17.8 Å². The monoisotopic (exact) mass is 329 g/mol. The third-order valence-corrected chi connectivity index (χ3v) is 3.95. The summed E-state index contributed by atoms with van der Waals surface area (Å²) in [6, 6.07) is 10.4. The smallest absolute Gasteiger partial charge is 0.231 e. The van der Waals surface area contributed by atoms with Gasteiger partial charge in [0.2, 0.25) is 5.88 Å². The van der Waals surface area contributed by atoms with Crippen molar-refractivity contribution < 1.29 is 14.6 Å². The zero-order valence-corrected chi connectivity index (χ0v) is 13.4. The summed E-state index contributed by atoms with van der Waals surface area (Å²) in [5.74, 6) is 0.877. The molecule has 0 fully saturated rings. The molecule has 2 unspecified atom stereocenters. The molecule has 1 aliphatic heterocycles. The van der Waals surface area contributed by atoms with E-state index >= 15 is 0 Å². The predicted octanol–water partition coefficient (Wildman–Crippen LogP) is 2.66. The van der Waals surface area contributed by atoms with Crippen LogP contribution in [0.4, 0.5) is 0 Å². The van der Waals surface area contributed by atoms with E-state index in [9.17, 15) is 5.11 Å². The van der Waals surface area contributed by atoms with Crippen molar-refractivity contribution in [3.05, 3.63) is 46.1 Å². The van der Waals surface area contributed by atoms with Crippen LogP contribution >= 0.6 is 12.2 Å². The Kier molecular flexibility index (Phi) is 3.80. The molecule has 1 aromatic carbocycles. The standard InChI is InChI=1S/C16H15N3O3S/c1-16(2)15(20)14(21-12-5-6-13(23)19-18-12)10-7-9(8-17)3-4-11(10)22-16/h3-7,14-15,20H,1-2H3,(H,19,23). The molecule has 118 valence electrons. The fourth-order valence-corrected chi connectivity index (χ4v) is 2.58. The fraction of sp³-hybridized carbons (Fsp3) is 0.312. The largest absolute Gasteiger partial charge is 0.485 e. The number of ether oxygens (including phenoxy) is 2. The number of aromatic nitrogens is 2. The third kappa shape index (κ3) is 2.91. The molecule has 0 amide bonds. The van der Waals surface area contributed by atoms with Crippen LogP contribution < -0.4 is 9.47 Å². The van der Waals surface area contributed by atoms with Gasteiger partial charge in [0, 0.05) is 11.6 Å². The van der Waals surface area contributed by atoms with E-state index in [1.165, 1.54) is 0 Å². The highest BCUT2D eigenvalue weighted by atomic mass is 32.1. The van der Waals surface area contributed by atoms with Gasteiger partial charge >= 0.3 is 0 Å². The second kappa shape index (κ2) is 5.65. The number of H-pyrrole nitrogens is 1. The average molecular weight is 329 g/mol. The zero-order valence-electron chi connectivity index (χ0n) is 12.6. The van der Waals surface area contributed by atoms with Gasteiger partial charge in [-0.1, -0.05) is 12.2 Å². The van der Waals surface area contributed by atoms with Crippen molar-refractivity contribution in [1.29, 1.82) is 5.26 Å². The second-order valence-corrected chi connectivity index (χ2v) is 6.25. The van der Waals surface area contributed by atoms with E-state index in [4.69, 9.17) is 27.0 Å². The maximum absolute atomic E-state index is 10.6. The van der Waals surface area contributed by atoms with E-state index in [1.54, 1.807) is 44.2 Å². The minimum Gasteiger partial charge on any atom is -0.485 e. The molecule has 2 atom stereocenters. The van der Waals surface area contributed by atoms with E-state index in [-0.39, 0.29) is 0 Å². The van der Waals surface area contributed by atoms with Crippen LogP contribution in [-0.4, -0.2) is 27.0 Å². The molecular formula is C16H15N3O3S. The molecule has 1 aromatic heterocycles. The van der Waals surface area contributed by atoms with Crippen LogP contribution in [0.15, 0.2) is 30.3 Å². The summed E-state index contributed by atoms with van der Waals surface area (Å²) >= 11 is 4.95. The van der Waals surface area contributed by atoms with Crippen LogP contribution in [0.3, 0.4) is 0 Å². The Balaban J connectivity index is 2.04. The van der Waals surface area contributed by atoms with Gasteiger partial charge in [-0.2, -0.15) is 5.26 Å². The van der Waals surface area contributed by atoms with Gasteiger partial charge in [-0.25, -0.2) is 0 Å². The molecule has 0 saturated carbocycles. The minimum absolute atomic E-state index is 0.300. The highest BCUT2D eigenvalue weighted by molar-refractivity contribution is 7.71. The third-order valence-electron chi connectivity index (χ3n) is 3.72. The molecule has 0 aliphatic carbocycles. The summed E-state index contributed by atoms with van der Waals surface area (Å²) in [5, 5.41) is 26.4. The lowest BCUT2D eigenvalue weighted by Crippen LogP contribution is -2.50. The number of fused-ring (bicyclic) bond motifs is 1. The van der Waals surface area contributed by atoms with Crippen LogP contribution in [0.5, 0.6) is 11.6 Å². The van der Waals surface area contributed by atoms with Crippen molar-refractivity contribution in [2.24, 2.45) is 0 Å². The second-order valence-electron chi connectivity index (χ2n) is 5.81. The van der Waals surface area contributed by atoms with Crippen LogP contribution in [-0.2, 0) is 0 Å². The maximum atomic E-state index is 10.6. The molecule has 0 radical (unpaired) electrons. The molecule has 3 rings (SSSR count). The first kappa shape index (κ1) is 15.5. The first-order valence-corrected chi connectivity index (χ1v) is 7.45. The number of hydrogen-bond donors (Lipinski definition) is 2. The van der Waals surface area contributed by atoms with Gasteiger partial charge in [-0.15, -0.1) is 5.10 Å². The van der Waals surface area contributed by atoms with Crippen molar-refractivity contribution in [1.82, 2.24) is 10.2 Å². The van der Waals surface area contributed by atoms with Gasteiger partial charge in [-0.05, 0) is 38.1 Å². The van der Waals surface area contributed by atoms with Crippen molar-refractivity contribution in [3.63, 3.8) is 0 Å². The minimum atomic E-state index is -0.936. The molecule has 2 heterocycles. The zero-order chi connectivity index (χ0) is 16.6. The van der Waals surface area contributed by atoms with Gasteiger partial charge in [0.25, 0.3) is 0 Å². The number of aliphatic hydroxyl groups excluding tert-OH is 1. The Morgan fingerprint density at radius 3 is 2.83 bits per heavy atom. The van der Waals surface area contributed by atoms with Gasteiger partial charge in [0.1, 0.15) is 22.1 Å². The quantitative estimate of drug-likeness (QED) is 0.823. The summed E-state index contributed by atoms with van der Waals surface area (Å²) in [7, 11) is 0. The molecule has 2 aromatic rings. The first-order chi connectivity index (χ1) is 10.9. The predicted molar refractivity (Wildman–Crippen MR) is 84.7 cm³/mol. The summed E-state index contributed by atoms with van der Waals surface area (Å²) in [6.07, 6.45) is -1.65. The number of benzene rings is 1. The topological polar surface area (TPSA) is 91.2 Å². The lowest BCUT2D eigenvalue weighted by molar-refractivity contribution is -0.104. The van der Waals surface area contributed by atoms with Gasteiger partial charge in [0.15, 0.2) is 6.10 Å². The van der Waals surface area contributed by atoms with Crippen LogP contribution in [0.1, 0.15) is 31.1 Å². The number of aromatic amines is 1. The number of rotatable bonds is 2. The van der Waals surface area contributed by atoms with Crippen LogP contribution in [0, 0.1) is 16.0 Å². The van der Waals surface area contributed by atoms with E-state index in [0.717, 1.165) is 0 Å². The number of nitriles is 1. The van der Waals surface area contributed by atoms with E-state index in [1.807, 2.05) is 0 Å². The Morgan fingerprint density at radius 2 is 2.17 bits per heavy atom. The summed E-state index contributed by atoms with van der Waals surface area (Å²) < 4.78 is 12.2. The molecule has 23 heavy (non-hydrogen) atoms. The van der Waals surface area contributed by atoms with Crippen molar-refractivity contribution >= 4 is 12.2 Å². The molecule has 7 heteroatoms. The highest BCUT2D eigenvalue weighted by Gasteiger charge is 2.44. The Labute approximate surface area is 138 Å². The van der Waals surface area contributed by atoms with E-state index in [2.05, 4.69) is 16.3 Å². The number of hydrogen-bond acceptors (Lipinski definition) is 6. The SMILES string of the molecule is CC1(C)Oc2ccc(C#N)cc2C(Oc2ccc(=S)[nH]n2)C1O. The van der Waals surface area contributed by atoms with Crippen molar-refractivity contribution in [2.75, 3.05) is 0 Å². The Bertz CT molecular complexity index is 821. The van der Waals surface area contributed by atoms with Crippen LogP contribution in [0.25, 0.3) is 0 Å². The molecule has 1 aliphatic rings. The fourth-order valence-electron chi connectivity index (χ4n) is 2.47. The first-order valence-electron chi connectivity index (χ1n) is 7.04. The summed E-state index contributed by atoms with van der Waals surface area (Å²) in [5.41, 5.74) is 0.237. The molecule has 0 bridgehead atoms. The molecule has 6 nitrogen and oxygen atoms in total. The Morgan fingerprint density at radius 1 is 1.39 bits per heavy atom. The van der Waals surface area contributed by atoms with Gasteiger partial charge in [-0.3, -0.25) is 5.10 Å². The number of nitrogens with zero attached hydrogens (tertiary/aromatic N) is 2. The molecule has 0 spiro atoms.